The van der Waals surface area contributed by atoms with E-state index in [1.807, 2.05) is 0 Å². The van der Waals surface area contributed by atoms with Crippen LogP contribution >= 0.6 is 0 Å². The number of ether oxygens (including phenoxy) is 5. The molecule has 2 aromatic carbocycles. The maximum atomic E-state index is 13.5. The molecule has 0 fully saturated rings. The molecule has 0 radical (unpaired) electrons. The van der Waals surface area contributed by atoms with Gasteiger partial charge in [0.15, 0.2) is 16.8 Å². The third-order valence-corrected chi connectivity index (χ3v) is 8.87. The summed E-state index contributed by atoms with van der Waals surface area (Å²) in [5.74, 6) is -1.81. The number of primary amides is 1. The molecule has 1 aliphatic carbocycles. The van der Waals surface area contributed by atoms with Crippen molar-refractivity contribution in [3.8, 4) is 17.2 Å². The van der Waals surface area contributed by atoms with Crippen LogP contribution in [0.2, 0.25) is 0 Å². The number of hydrogen-bond acceptors (Lipinski definition) is 13. The monoisotopic (exact) mass is 850 g/mol. The zero-order chi connectivity index (χ0) is 44.0. The number of aromatic nitrogens is 1. The van der Waals surface area contributed by atoms with Gasteiger partial charge in [-0.25, -0.2) is 9.78 Å². The summed E-state index contributed by atoms with van der Waals surface area (Å²) in [4.78, 5) is 77.7. The van der Waals surface area contributed by atoms with E-state index in [0.717, 1.165) is 5.56 Å². The Kier molecular flexibility index (Phi) is 19.8. The number of carboxylic acid groups (broad SMARTS) is 1. The standard InChI is InChI=1S/C42H54N6O13/c1-27(2)39(48-37(50)13-16-56-18-20-58-22-23-59-21-19-57-17-14-38(51)52)41(54)47-34(4-3-15-44-42(43)55)40(53)45-29-7-5-28(6-8-29)26-60-31-10-12-33-36(25-31)61-35-24-30(49)9-11-32(35)46-33/h5-12,24-25,27,34,39H,3-4,13-23,26H2,1-2H3,(H,45,53)(H,47,54)(H,48,50)(H,51,52)(H3,43,44,55)/t34-,39-/m0/s1. The smallest absolute Gasteiger partial charge is 0.312 e. The molecule has 4 rings (SSSR count). The van der Waals surface area contributed by atoms with Crippen LogP contribution < -0.4 is 37.2 Å². The van der Waals surface area contributed by atoms with Crippen molar-refractivity contribution < 1.29 is 57.2 Å². The molecule has 2 aliphatic rings. The van der Waals surface area contributed by atoms with E-state index in [1.54, 1.807) is 62.4 Å². The van der Waals surface area contributed by atoms with Crippen LogP contribution in [0.15, 0.2) is 69.9 Å². The van der Waals surface area contributed by atoms with Gasteiger partial charge in [0.25, 0.3) is 0 Å². The number of fused-ring (bicyclic) bond motifs is 2. The van der Waals surface area contributed by atoms with Crippen LogP contribution in [0.5, 0.6) is 5.75 Å². The molecule has 1 aliphatic heterocycles. The Labute approximate surface area is 352 Å². The number of amides is 5. The fraction of sp³-hybridized carbons (Fsp3) is 0.452. The van der Waals surface area contributed by atoms with Crippen LogP contribution in [0, 0.1) is 5.92 Å². The van der Waals surface area contributed by atoms with Gasteiger partial charge in [-0.05, 0) is 60.7 Å². The van der Waals surface area contributed by atoms with Gasteiger partial charge in [-0.2, -0.15) is 0 Å². The third-order valence-electron chi connectivity index (χ3n) is 8.87. The number of benzene rings is 3. The number of carbonyl (C=O) groups excluding carboxylic acids is 4. The largest absolute Gasteiger partial charge is 0.489 e. The summed E-state index contributed by atoms with van der Waals surface area (Å²) < 4.78 is 33.2. The third kappa shape index (κ3) is 17.5. The van der Waals surface area contributed by atoms with E-state index in [-0.39, 0.29) is 76.8 Å². The second kappa shape index (κ2) is 25.5. The Balaban J connectivity index is 1.21. The van der Waals surface area contributed by atoms with Crippen LogP contribution in [-0.4, -0.2) is 111 Å². The van der Waals surface area contributed by atoms with E-state index in [4.69, 9.17) is 38.9 Å². The Morgan fingerprint density at radius 2 is 1.44 bits per heavy atom. The van der Waals surface area contributed by atoms with Gasteiger partial charge in [0.05, 0.1) is 59.3 Å². The van der Waals surface area contributed by atoms with Gasteiger partial charge in [-0.15, -0.1) is 0 Å². The number of aliphatic carboxylic acids is 1. The van der Waals surface area contributed by atoms with Gasteiger partial charge >= 0.3 is 12.0 Å². The Morgan fingerprint density at radius 3 is 2.08 bits per heavy atom. The number of urea groups is 1. The molecule has 2 aromatic rings. The van der Waals surface area contributed by atoms with Gasteiger partial charge in [0, 0.05) is 30.8 Å². The maximum absolute atomic E-state index is 13.5. The summed E-state index contributed by atoms with van der Waals surface area (Å²) in [6.45, 7) is 5.91. The minimum atomic E-state index is -1.01. The molecule has 0 bridgehead atoms. The number of rotatable bonds is 28. The molecule has 0 saturated carbocycles. The van der Waals surface area contributed by atoms with Gasteiger partial charge in [0.2, 0.25) is 17.7 Å². The highest BCUT2D eigenvalue weighted by molar-refractivity contribution is 5.98. The first-order valence-corrected chi connectivity index (χ1v) is 19.9. The van der Waals surface area contributed by atoms with Gasteiger partial charge in [-0.1, -0.05) is 26.0 Å². The number of nitrogens with zero attached hydrogens (tertiary/aromatic N) is 1. The normalized spacial score (nSPS) is 12.2. The molecule has 0 spiro atoms. The second-order valence-electron chi connectivity index (χ2n) is 14.1. The molecule has 19 nitrogen and oxygen atoms in total. The zero-order valence-electron chi connectivity index (χ0n) is 34.3. The van der Waals surface area contributed by atoms with Crippen molar-refractivity contribution in [2.75, 3.05) is 64.7 Å². The molecule has 330 valence electrons. The Bertz CT molecular complexity index is 2060. The molecule has 0 unspecified atom stereocenters. The van der Waals surface area contributed by atoms with Gasteiger partial charge in [-0.3, -0.25) is 24.0 Å². The summed E-state index contributed by atoms with van der Waals surface area (Å²) in [5, 5.41) is 19.4. The van der Waals surface area contributed by atoms with E-state index >= 15 is 0 Å². The van der Waals surface area contributed by atoms with Crippen molar-refractivity contribution in [3.05, 3.63) is 76.5 Å². The lowest BCUT2D eigenvalue weighted by atomic mass is 10.0. The van der Waals surface area contributed by atoms with E-state index in [0.29, 0.717) is 60.2 Å². The molecule has 7 N–H and O–H groups in total. The quantitative estimate of drug-likeness (QED) is 0.0355. The first-order valence-electron chi connectivity index (χ1n) is 19.9. The first kappa shape index (κ1) is 47.5. The number of carbonyl (C=O) groups is 5. The molecule has 5 amide bonds. The summed E-state index contributed by atoms with van der Waals surface area (Å²) in [6, 6.07) is 13.9. The fourth-order valence-corrected chi connectivity index (χ4v) is 5.67. The van der Waals surface area contributed by atoms with Crippen LogP contribution in [0.3, 0.4) is 0 Å². The highest BCUT2D eigenvalue weighted by atomic mass is 16.6. The molecule has 2 atom stereocenters. The van der Waals surface area contributed by atoms with Crippen molar-refractivity contribution in [1.82, 2.24) is 20.9 Å². The topological polar surface area (TPSA) is 269 Å². The highest BCUT2D eigenvalue weighted by Gasteiger charge is 2.29. The van der Waals surface area contributed by atoms with E-state index < -0.39 is 41.8 Å². The summed E-state index contributed by atoms with van der Waals surface area (Å²) in [5.41, 5.74) is 7.91. The Morgan fingerprint density at radius 1 is 0.787 bits per heavy atom. The van der Waals surface area contributed by atoms with E-state index in [1.165, 1.54) is 12.1 Å². The minimum Gasteiger partial charge on any atom is -0.489 e. The lowest BCUT2D eigenvalue weighted by Crippen LogP contribution is -2.54. The molecule has 61 heavy (non-hydrogen) atoms. The molecule has 19 heteroatoms. The van der Waals surface area contributed by atoms with Crippen LogP contribution in [-0.2, 0) is 44.7 Å². The van der Waals surface area contributed by atoms with Crippen LogP contribution in [0.1, 0.15) is 45.1 Å². The second-order valence-corrected chi connectivity index (χ2v) is 14.1. The first-order chi connectivity index (χ1) is 29.4. The van der Waals surface area contributed by atoms with Crippen molar-refractivity contribution in [1.29, 1.82) is 0 Å². The van der Waals surface area contributed by atoms with Crippen molar-refractivity contribution in [2.45, 2.75) is 58.2 Å². The summed E-state index contributed by atoms with van der Waals surface area (Å²) in [7, 11) is 0. The molecular formula is C42H54N6O13. The highest BCUT2D eigenvalue weighted by Crippen LogP contribution is 2.27. The summed E-state index contributed by atoms with van der Waals surface area (Å²) >= 11 is 0. The van der Waals surface area contributed by atoms with Crippen molar-refractivity contribution in [3.63, 3.8) is 0 Å². The summed E-state index contributed by atoms with van der Waals surface area (Å²) in [6.07, 6.45) is 0.413. The average Bonchev–Trinajstić information content (AvgIpc) is 3.22. The maximum Gasteiger partial charge on any atom is 0.312 e. The minimum absolute atomic E-state index is 0.0115. The number of nitrogens with two attached hydrogens (primary N) is 1. The molecular weight excluding hydrogens is 796 g/mol. The van der Waals surface area contributed by atoms with E-state index in [2.05, 4.69) is 26.3 Å². The van der Waals surface area contributed by atoms with Crippen molar-refractivity contribution >= 4 is 46.5 Å². The van der Waals surface area contributed by atoms with Gasteiger partial charge in [0.1, 0.15) is 35.7 Å². The predicted octanol–water partition coefficient (Wildman–Crippen LogP) is 2.82. The van der Waals surface area contributed by atoms with E-state index in [9.17, 15) is 28.8 Å². The lowest BCUT2D eigenvalue weighted by Gasteiger charge is -2.25. The number of hydrogen-bond donors (Lipinski definition) is 6. The average molecular weight is 851 g/mol. The lowest BCUT2D eigenvalue weighted by molar-refractivity contribution is -0.138. The Hall–Kier alpha value is -6.15. The van der Waals surface area contributed by atoms with Gasteiger partial charge < -0.3 is 60.2 Å². The van der Waals surface area contributed by atoms with Crippen molar-refractivity contribution in [2.24, 2.45) is 11.7 Å². The van der Waals surface area contributed by atoms with Crippen LogP contribution in [0.4, 0.5) is 10.5 Å². The fourth-order valence-electron chi connectivity index (χ4n) is 5.67. The number of anilines is 1. The molecule has 1 heterocycles. The van der Waals surface area contributed by atoms with Crippen LogP contribution in [0.25, 0.3) is 22.6 Å². The molecule has 0 aromatic heterocycles. The number of nitrogens with one attached hydrogen (secondary N) is 4. The predicted molar refractivity (Wildman–Crippen MR) is 222 cm³/mol. The molecule has 0 saturated heterocycles. The SMILES string of the molecule is CC(C)[C@H](NC(=O)CCOCCOCCOCCOCCC(=O)O)C(=O)N[C@@H](CCCNC(N)=O)C(=O)Nc1ccc(COc2ccc3nc4ccc(=O)cc-4oc3c2)cc1. The number of carboxylic acids is 1. The zero-order valence-corrected chi connectivity index (χ0v) is 34.3.